The van der Waals surface area contributed by atoms with Gasteiger partial charge in [0.1, 0.15) is 5.82 Å². The van der Waals surface area contributed by atoms with Crippen molar-refractivity contribution in [2.75, 3.05) is 38.5 Å². The van der Waals surface area contributed by atoms with Gasteiger partial charge in [-0.1, -0.05) is 30.3 Å². The molecule has 3 heterocycles. The highest BCUT2D eigenvalue weighted by atomic mass is 19.1. The molecule has 32 heavy (non-hydrogen) atoms. The number of carbonyl (C=O) groups is 1. The summed E-state index contributed by atoms with van der Waals surface area (Å²) < 4.78 is 14.9. The summed E-state index contributed by atoms with van der Waals surface area (Å²) in [6, 6.07) is 15.3. The molecule has 6 nitrogen and oxygen atoms in total. The molecule has 4 N–H and O–H groups in total. The summed E-state index contributed by atoms with van der Waals surface area (Å²) >= 11 is 0. The van der Waals surface area contributed by atoms with Crippen LogP contribution in [-0.2, 0) is 13.0 Å². The molecule has 1 saturated heterocycles. The van der Waals surface area contributed by atoms with Gasteiger partial charge in [-0.05, 0) is 46.9 Å². The van der Waals surface area contributed by atoms with Crippen molar-refractivity contribution in [2.24, 2.45) is 0 Å². The second-order valence-corrected chi connectivity index (χ2v) is 8.36. The first kappa shape index (κ1) is 20.6. The number of pyridine rings is 1. The number of halogens is 1. The molecule has 1 amide bonds. The second kappa shape index (κ2) is 8.68. The number of piperazine rings is 1. The molecule has 0 saturated carbocycles. The van der Waals surface area contributed by atoms with Gasteiger partial charge in [-0.25, -0.2) is 4.98 Å². The number of nitrogens with two attached hydrogens (primary N) is 1. The third-order valence-corrected chi connectivity index (χ3v) is 6.20. The van der Waals surface area contributed by atoms with E-state index in [1.165, 1.54) is 0 Å². The first-order valence-corrected chi connectivity index (χ1v) is 11.0. The first-order valence-electron chi connectivity index (χ1n) is 11.0. The normalized spacial score (nSPS) is 16.5. The fourth-order valence-electron chi connectivity index (χ4n) is 4.50. The fraction of sp³-hybridized carbons (Fsp3) is 0.280. The van der Waals surface area contributed by atoms with Crippen LogP contribution in [0.4, 0.5) is 10.2 Å². The molecule has 164 valence electrons. The Kier molecular flexibility index (Phi) is 5.59. The van der Waals surface area contributed by atoms with E-state index in [-0.39, 0.29) is 11.7 Å². The lowest BCUT2D eigenvalue weighted by atomic mass is 9.94. The Morgan fingerprint density at radius 2 is 1.78 bits per heavy atom. The van der Waals surface area contributed by atoms with Crippen LogP contribution >= 0.6 is 0 Å². The highest BCUT2D eigenvalue weighted by Crippen LogP contribution is 2.33. The minimum absolute atomic E-state index is 0.0648. The van der Waals surface area contributed by atoms with Crippen LogP contribution in [0.25, 0.3) is 22.3 Å². The quantitative estimate of drug-likeness (QED) is 0.554. The molecule has 2 aromatic carbocycles. The molecule has 0 aliphatic carbocycles. The predicted octanol–water partition coefficient (Wildman–Crippen LogP) is 2.83. The molecule has 2 aliphatic heterocycles. The highest BCUT2D eigenvalue weighted by molar-refractivity contribution is 5.97. The van der Waals surface area contributed by atoms with E-state index in [0.717, 1.165) is 61.4 Å². The number of amides is 1. The number of fused-ring (bicyclic) bond motifs is 1. The summed E-state index contributed by atoms with van der Waals surface area (Å²) in [6.45, 7) is 5.42. The Hall–Kier alpha value is -3.29. The molecular formula is C25H26FN5O. The molecule has 0 spiro atoms. The van der Waals surface area contributed by atoms with Crippen LogP contribution in [0, 0.1) is 5.95 Å². The molecule has 1 fully saturated rings. The van der Waals surface area contributed by atoms with Crippen LogP contribution in [0.1, 0.15) is 21.5 Å². The van der Waals surface area contributed by atoms with Gasteiger partial charge in [0.05, 0.1) is 0 Å². The number of anilines is 1. The number of nitrogens with one attached hydrogen (secondary N) is 2. The summed E-state index contributed by atoms with van der Waals surface area (Å²) in [5.41, 5.74) is 11.6. The van der Waals surface area contributed by atoms with E-state index in [2.05, 4.69) is 26.6 Å². The fourth-order valence-corrected chi connectivity index (χ4v) is 4.50. The summed E-state index contributed by atoms with van der Waals surface area (Å²) in [5.74, 6) is -0.503. The molecule has 3 aromatic rings. The third kappa shape index (κ3) is 4.09. The smallest absolute Gasteiger partial charge is 0.251 e. The number of hydrogen-bond donors (Lipinski definition) is 3. The van der Waals surface area contributed by atoms with Crippen molar-refractivity contribution in [2.45, 2.75) is 13.0 Å². The van der Waals surface area contributed by atoms with Gasteiger partial charge in [0, 0.05) is 56.0 Å². The maximum Gasteiger partial charge on any atom is 0.251 e. The van der Waals surface area contributed by atoms with Crippen LogP contribution in [0.15, 0.2) is 48.5 Å². The number of aromatic nitrogens is 1. The van der Waals surface area contributed by atoms with E-state index >= 15 is 0 Å². The molecule has 1 aromatic heterocycles. The zero-order chi connectivity index (χ0) is 22.1. The summed E-state index contributed by atoms with van der Waals surface area (Å²) in [4.78, 5) is 18.5. The van der Waals surface area contributed by atoms with Crippen molar-refractivity contribution in [3.63, 3.8) is 0 Å². The lowest BCUT2D eigenvalue weighted by molar-refractivity contribution is 0.0946. The van der Waals surface area contributed by atoms with Crippen LogP contribution in [0.5, 0.6) is 0 Å². The van der Waals surface area contributed by atoms with Crippen molar-refractivity contribution in [1.29, 1.82) is 0 Å². The Bertz CT molecular complexity index is 1170. The topological polar surface area (TPSA) is 83.3 Å². The number of nitrogens with zero attached hydrogens (tertiary/aromatic N) is 2. The Balaban J connectivity index is 1.49. The van der Waals surface area contributed by atoms with Crippen LogP contribution in [0.3, 0.4) is 0 Å². The molecular weight excluding hydrogens is 405 g/mol. The van der Waals surface area contributed by atoms with Gasteiger partial charge in [0.15, 0.2) is 0 Å². The van der Waals surface area contributed by atoms with Crippen LogP contribution < -0.4 is 16.4 Å². The second-order valence-electron chi connectivity index (χ2n) is 8.36. The molecule has 0 atom stereocenters. The van der Waals surface area contributed by atoms with Gasteiger partial charge in [-0.15, -0.1) is 0 Å². The number of hydrogen-bond acceptors (Lipinski definition) is 5. The molecule has 2 aliphatic rings. The average molecular weight is 432 g/mol. The minimum atomic E-state index is -0.581. The lowest BCUT2D eigenvalue weighted by Gasteiger charge is -2.27. The maximum absolute atomic E-state index is 14.9. The van der Waals surface area contributed by atoms with Gasteiger partial charge >= 0.3 is 0 Å². The van der Waals surface area contributed by atoms with E-state index in [9.17, 15) is 9.18 Å². The standard InChI is InChI=1S/C25H26FN5O/c26-23-21(17-3-1-2-16(12-17)15-31-10-8-28-9-11-31)14-22(24(27)30-23)18-4-5-20-19(13-18)6-7-29-25(20)32/h1-5,12-14,28H,6-11,15H2,(H2,27,30)(H,29,32). The minimum Gasteiger partial charge on any atom is -0.383 e. The van der Waals surface area contributed by atoms with E-state index < -0.39 is 5.95 Å². The summed E-state index contributed by atoms with van der Waals surface area (Å²) in [6.07, 6.45) is 0.754. The van der Waals surface area contributed by atoms with Crippen LogP contribution in [-0.4, -0.2) is 48.5 Å². The molecule has 7 heteroatoms. The Labute approximate surface area is 186 Å². The molecule has 0 radical (unpaired) electrons. The van der Waals surface area contributed by atoms with Crippen LogP contribution in [0.2, 0.25) is 0 Å². The molecule has 5 rings (SSSR count). The monoisotopic (exact) mass is 431 g/mol. The van der Waals surface area contributed by atoms with E-state index in [1.807, 2.05) is 30.3 Å². The van der Waals surface area contributed by atoms with Crippen molar-refractivity contribution >= 4 is 11.7 Å². The van der Waals surface area contributed by atoms with Crippen molar-refractivity contribution in [3.05, 3.63) is 71.2 Å². The highest BCUT2D eigenvalue weighted by Gasteiger charge is 2.19. The van der Waals surface area contributed by atoms with E-state index in [0.29, 0.717) is 23.2 Å². The van der Waals surface area contributed by atoms with Gasteiger partial charge in [-0.2, -0.15) is 4.39 Å². The van der Waals surface area contributed by atoms with Crippen molar-refractivity contribution < 1.29 is 9.18 Å². The van der Waals surface area contributed by atoms with Gasteiger partial charge in [0.25, 0.3) is 5.91 Å². The van der Waals surface area contributed by atoms with Gasteiger partial charge < -0.3 is 16.4 Å². The number of carbonyl (C=O) groups excluding carboxylic acids is 1. The van der Waals surface area contributed by atoms with Gasteiger partial charge in [0.2, 0.25) is 5.95 Å². The zero-order valence-electron chi connectivity index (χ0n) is 17.8. The Morgan fingerprint density at radius 3 is 2.62 bits per heavy atom. The maximum atomic E-state index is 14.9. The summed E-state index contributed by atoms with van der Waals surface area (Å²) in [7, 11) is 0. The number of rotatable bonds is 4. The van der Waals surface area contributed by atoms with Gasteiger partial charge in [-0.3, -0.25) is 9.69 Å². The molecule has 0 bridgehead atoms. The Morgan fingerprint density at radius 1 is 0.969 bits per heavy atom. The summed E-state index contributed by atoms with van der Waals surface area (Å²) in [5, 5.41) is 6.21. The zero-order valence-corrected chi connectivity index (χ0v) is 17.8. The number of nitrogen functional groups attached to an aromatic ring is 1. The van der Waals surface area contributed by atoms with E-state index in [4.69, 9.17) is 5.73 Å². The number of benzene rings is 2. The predicted molar refractivity (Wildman–Crippen MR) is 124 cm³/mol. The molecule has 0 unspecified atom stereocenters. The average Bonchev–Trinajstić information content (AvgIpc) is 2.80. The van der Waals surface area contributed by atoms with Crippen molar-refractivity contribution in [1.82, 2.24) is 20.5 Å². The largest absolute Gasteiger partial charge is 0.383 e. The SMILES string of the molecule is Nc1nc(F)c(-c2cccc(CN3CCNCC3)c2)cc1-c1ccc2c(c1)CCNC2=O. The third-order valence-electron chi connectivity index (χ3n) is 6.20. The first-order chi connectivity index (χ1) is 15.6. The lowest BCUT2D eigenvalue weighted by Crippen LogP contribution is -2.42. The van der Waals surface area contributed by atoms with E-state index in [1.54, 1.807) is 12.1 Å². The van der Waals surface area contributed by atoms with Crippen molar-refractivity contribution in [3.8, 4) is 22.3 Å².